The molecule has 3 rings (SSSR count). The fourth-order valence-electron chi connectivity index (χ4n) is 3.42. The highest BCUT2D eigenvalue weighted by Crippen LogP contribution is 2.37. The summed E-state index contributed by atoms with van der Waals surface area (Å²) in [4.78, 5) is 11.0. The average Bonchev–Trinajstić information content (AvgIpc) is 2.67. The molecule has 5 nitrogen and oxygen atoms in total. The van der Waals surface area contributed by atoms with Crippen LogP contribution in [0.15, 0.2) is 47.4 Å². The summed E-state index contributed by atoms with van der Waals surface area (Å²) in [5.41, 5.74) is -0.538. The van der Waals surface area contributed by atoms with Crippen molar-refractivity contribution in [2.24, 2.45) is 0 Å². The normalized spacial score (nSPS) is 16.0. The largest absolute Gasteiger partial charge is 0.417 e. The summed E-state index contributed by atoms with van der Waals surface area (Å²) >= 11 is 0. The van der Waals surface area contributed by atoms with E-state index in [4.69, 9.17) is 0 Å². The number of alkyl halides is 3. The number of ketones is 1. The summed E-state index contributed by atoms with van der Waals surface area (Å²) in [5, 5.41) is 3.07. The van der Waals surface area contributed by atoms with Gasteiger partial charge in [0, 0.05) is 11.6 Å². The number of nitrogens with one attached hydrogen (secondary N) is 2. The van der Waals surface area contributed by atoms with Gasteiger partial charge in [0.15, 0.2) is 5.78 Å². The molecule has 29 heavy (non-hydrogen) atoms. The second-order valence-electron chi connectivity index (χ2n) is 6.96. The number of hydrogen-bond donors (Lipinski definition) is 2. The molecule has 0 saturated carbocycles. The average molecular weight is 426 g/mol. The monoisotopic (exact) mass is 426 g/mol. The third kappa shape index (κ3) is 4.85. The van der Waals surface area contributed by atoms with Crippen molar-refractivity contribution in [2.45, 2.75) is 36.9 Å². The molecule has 0 atom stereocenters. The molecule has 1 aliphatic heterocycles. The molecule has 1 aliphatic rings. The second-order valence-corrected chi connectivity index (χ2v) is 8.64. The molecule has 0 aliphatic carbocycles. The maximum atomic E-state index is 13.7. The molecule has 0 amide bonds. The first-order valence-electron chi connectivity index (χ1n) is 9.14. The first-order valence-corrected chi connectivity index (χ1v) is 10.6. The van der Waals surface area contributed by atoms with E-state index in [-0.39, 0.29) is 16.9 Å². The Balaban J connectivity index is 2.07. The number of Topliss-reactive ketones (excluding diaryl/α,β-unsaturated/α-hetero) is 1. The van der Waals surface area contributed by atoms with Gasteiger partial charge in [-0.2, -0.15) is 13.2 Å². The molecule has 1 heterocycles. The van der Waals surface area contributed by atoms with E-state index in [0.717, 1.165) is 12.1 Å². The Bertz CT molecular complexity index is 1010. The molecule has 0 bridgehead atoms. The third-order valence-corrected chi connectivity index (χ3v) is 6.43. The summed E-state index contributed by atoms with van der Waals surface area (Å²) in [6, 6.07) is 8.92. The van der Waals surface area contributed by atoms with E-state index in [9.17, 15) is 26.4 Å². The number of carbonyl (C=O) groups is 1. The maximum absolute atomic E-state index is 13.7. The van der Waals surface area contributed by atoms with Gasteiger partial charge in [-0.3, -0.25) is 4.79 Å². The number of piperidine rings is 1. The van der Waals surface area contributed by atoms with Gasteiger partial charge in [-0.05, 0) is 56.1 Å². The van der Waals surface area contributed by atoms with Gasteiger partial charge in [0.25, 0.3) is 0 Å². The minimum Gasteiger partial charge on any atom is -0.317 e. The zero-order chi connectivity index (χ0) is 21.2. The third-order valence-electron chi connectivity index (χ3n) is 4.85. The van der Waals surface area contributed by atoms with Crippen molar-refractivity contribution in [1.29, 1.82) is 0 Å². The van der Waals surface area contributed by atoms with Gasteiger partial charge in [-0.25, -0.2) is 13.1 Å². The van der Waals surface area contributed by atoms with Crippen LogP contribution in [0, 0.1) is 0 Å². The second kappa shape index (κ2) is 8.25. The van der Waals surface area contributed by atoms with Gasteiger partial charge in [0.2, 0.25) is 10.0 Å². The van der Waals surface area contributed by atoms with Crippen molar-refractivity contribution in [3.63, 3.8) is 0 Å². The standard InChI is InChI=1S/C20H21F3N2O3S/c1-13(26)16-4-2-3-5-17(16)14-6-7-19(18(12-14)20(21,22)23)29(27,28)25-15-8-10-24-11-9-15/h2-7,12,15,24-25H,8-11H2,1H3. The van der Waals surface area contributed by atoms with Crippen LogP contribution < -0.4 is 10.0 Å². The minimum absolute atomic E-state index is 0.129. The lowest BCUT2D eigenvalue weighted by atomic mass is 9.96. The van der Waals surface area contributed by atoms with Crippen LogP contribution >= 0.6 is 0 Å². The summed E-state index contributed by atoms with van der Waals surface area (Å²) in [7, 11) is -4.36. The van der Waals surface area contributed by atoms with Crippen LogP contribution in [0.4, 0.5) is 13.2 Å². The Morgan fingerprint density at radius 2 is 1.76 bits per heavy atom. The molecule has 0 unspecified atom stereocenters. The smallest absolute Gasteiger partial charge is 0.317 e. The van der Waals surface area contributed by atoms with Gasteiger partial charge in [0.1, 0.15) is 0 Å². The Morgan fingerprint density at radius 3 is 2.38 bits per heavy atom. The molecule has 2 aromatic carbocycles. The van der Waals surface area contributed by atoms with E-state index in [1.54, 1.807) is 12.1 Å². The van der Waals surface area contributed by atoms with Gasteiger partial charge in [-0.15, -0.1) is 0 Å². The van der Waals surface area contributed by atoms with Gasteiger partial charge in [0.05, 0.1) is 10.5 Å². The van der Waals surface area contributed by atoms with E-state index >= 15 is 0 Å². The molecule has 1 saturated heterocycles. The van der Waals surface area contributed by atoms with Gasteiger partial charge < -0.3 is 5.32 Å². The lowest BCUT2D eigenvalue weighted by Gasteiger charge is -2.24. The summed E-state index contributed by atoms with van der Waals surface area (Å²) < 4.78 is 69.0. The molecular formula is C20H21F3N2O3S. The number of carbonyl (C=O) groups excluding carboxylic acids is 1. The van der Waals surface area contributed by atoms with Gasteiger partial charge in [-0.1, -0.05) is 30.3 Å². The van der Waals surface area contributed by atoms with Crippen LogP contribution in [0.25, 0.3) is 11.1 Å². The molecule has 156 valence electrons. The zero-order valence-corrected chi connectivity index (χ0v) is 16.5. The van der Waals surface area contributed by atoms with Crippen molar-refractivity contribution in [3.8, 4) is 11.1 Å². The molecular weight excluding hydrogens is 405 g/mol. The highest BCUT2D eigenvalue weighted by atomic mass is 32.2. The summed E-state index contributed by atoms with van der Waals surface area (Å²) in [6.45, 7) is 2.52. The van der Waals surface area contributed by atoms with Crippen molar-refractivity contribution in [1.82, 2.24) is 10.0 Å². The Kier molecular flexibility index (Phi) is 6.11. The molecule has 1 fully saturated rings. The van der Waals surface area contributed by atoms with Crippen LogP contribution in [0.2, 0.25) is 0 Å². The Hall–Kier alpha value is -2.23. The minimum atomic E-state index is -4.88. The van der Waals surface area contributed by atoms with E-state index in [1.807, 2.05) is 0 Å². The van der Waals surface area contributed by atoms with Crippen LogP contribution in [0.1, 0.15) is 35.7 Å². The van der Waals surface area contributed by atoms with E-state index < -0.39 is 32.7 Å². The zero-order valence-electron chi connectivity index (χ0n) is 15.7. The first kappa shape index (κ1) is 21.5. The predicted molar refractivity (Wildman–Crippen MR) is 103 cm³/mol. The van der Waals surface area contributed by atoms with Crippen molar-refractivity contribution < 1.29 is 26.4 Å². The van der Waals surface area contributed by atoms with Crippen LogP contribution in [0.3, 0.4) is 0 Å². The fourth-order valence-corrected chi connectivity index (χ4v) is 4.93. The van der Waals surface area contributed by atoms with Crippen LogP contribution in [-0.2, 0) is 16.2 Å². The van der Waals surface area contributed by atoms with Crippen LogP contribution in [0.5, 0.6) is 0 Å². The SMILES string of the molecule is CC(=O)c1ccccc1-c1ccc(S(=O)(=O)NC2CCNCC2)c(C(F)(F)F)c1. The van der Waals surface area contributed by atoms with Crippen molar-refractivity contribution in [3.05, 3.63) is 53.6 Å². The maximum Gasteiger partial charge on any atom is 0.417 e. The fraction of sp³-hybridized carbons (Fsp3) is 0.350. The topological polar surface area (TPSA) is 75.3 Å². The number of sulfonamides is 1. The van der Waals surface area contributed by atoms with Crippen LogP contribution in [-0.4, -0.2) is 33.3 Å². The number of benzene rings is 2. The molecule has 2 N–H and O–H groups in total. The Labute approximate surface area is 167 Å². The number of hydrogen-bond acceptors (Lipinski definition) is 4. The molecule has 0 radical (unpaired) electrons. The van der Waals surface area contributed by atoms with E-state index in [2.05, 4.69) is 10.0 Å². The lowest BCUT2D eigenvalue weighted by Crippen LogP contribution is -2.43. The quantitative estimate of drug-likeness (QED) is 0.717. The predicted octanol–water partition coefficient (Wildman–Crippen LogP) is 3.61. The molecule has 9 heteroatoms. The Morgan fingerprint density at radius 1 is 1.10 bits per heavy atom. The van der Waals surface area contributed by atoms with E-state index in [1.165, 1.54) is 25.1 Å². The molecule has 0 aromatic heterocycles. The summed E-state index contributed by atoms with van der Waals surface area (Å²) in [6.07, 6.45) is -3.87. The lowest BCUT2D eigenvalue weighted by molar-refractivity contribution is -0.139. The number of halogens is 3. The molecule has 0 spiro atoms. The highest BCUT2D eigenvalue weighted by molar-refractivity contribution is 7.89. The van der Waals surface area contributed by atoms with Crippen molar-refractivity contribution >= 4 is 15.8 Å². The molecule has 2 aromatic rings. The first-order chi connectivity index (χ1) is 13.6. The van der Waals surface area contributed by atoms with Crippen molar-refractivity contribution in [2.75, 3.05) is 13.1 Å². The number of rotatable bonds is 5. The van der Waals surface area contributed by atoms with Gasteiger partial charge >= 0.3 is 6.18 Å². The van der Waals surface area contributed by atoms with E-state index in [0.29, 0.717) is 31.5 Å². The highest BCUT2D eigenvalue weighted by Gasteiger charge is 2.38. The summed E-state index contributed by atoms with van der Waals surface area (Å²) in [5.74, 6) is -0.293.